The molecule has 0 bridgehead atoms. The number of rotatable bonds is 6. The van der Waals surface area contributed by atoms with E-state index in [2.05, 4.69) is 52.0 Å². The zero-order chi connectivity index (χ0) is 14.3. The Hall–Kier alpha value is -1.32. The van der Waals surface area contributed by atoms with Gasteiger partial charge in [0.1, 0.15) is 0 Å². The molecule has 1 aliphatic heterocycles. The van der Waals surface area contributed by atoms with E-state index in [-0.39, 0.29) is 0 Å². The lowest BCUT2D eigenvalue weighted by atomic mass is 10.1. The van der Waals surface area contributed by atoms with Crippen molar-refractivity contribution in [2.45, 2.75) is 32.2 Å². The fraction of sp³-hybridized carbons (Fsp3) is 0.444. The number of anilines is 1. The van der Waals surface area contributed by atoms with Gasteiger partial charge in [0.25, 0.3) is 0 Å². The molecule has 0 atom stereocenters. The van der Waals surface area contributed by atoms with Gasteiger partial charge in [-0.3, -0.25) is 4.90 Å². The maximum absolute atomic E-state index is 3.51. The molecule has 0 saturated carbocycles. The first kappa shape index (κ1) is 14.6. The molecule has 1 N–H and O–H groups in total. The number of thiophene rings is 1. The molecule has 1 fully saturated rings. The summed E-state index contributed by atoms with van der Waals surface area (Å²) in [4.78, 5) is 4.02. The number of nitrogens with zero attached hydrogens (tertiary/aromatic N) is 1. The lowest BCUT2D eigenvalue weighted by Gasteiger charge is -2.26. The molecular formula is C18H24N2S. The molecule has 0 spiro atoms. The van der Waals surface area contributed by atoms with Gasteiger partial charge in [0.15, 0.2) is 0 Å². The normalized spacial score (nSPS) is 16.0. The van der Waals surface area contributed by atoms with Gasteiger partial charge in [-0.2, -0.15) is 0 Å². The second kappa shape index (κ2) is 7.62. The Kier molecular flexibility index (Phi) is 5.30. The molecule has 0 aliphatic carbocycles. The molecule has 0 unspecified atom stereocenters. The third-order valence-electron chi connectivity index (χ3n) is 4.09. The number of nitrogens with one attached hydrogen (secondary N) is 1. The van der Waals surface area contributed by atoms with Gasteiger partial charge in [0.05, 0.1) is 0 Å². The van der Waals surface area contributed by atoms with Crippen LogP contribution >= 0.6 is 11.3 Å². The van der Waals surface area contributed by atoms with E-state index in [0.717, 1.165) is 19.5 Å². The van der Waals surface area contributed by atoms with Crippen LogP contribution in [0.5, 0.6) is 0 Å². The van der Waals surface area contributed by atoms with E-state index >= 15 is 0 Å². The maximum atomic E-state index is 3.51. The van der Waals surface area contributed by atoms with Gasteiger partial charge in [0, 0.05) is 23.7 Å². The molecule has 112 valence electrons. The standard InChI is InChI=1S/C18H24N2S/c1-2-12-20(13-3-1)15-16-6-8-17(9-7-16)19-11-10-18-5-4-14-21-18/h4-9,14,19H,1-3,10-13,15H2. The Morgan fingerprint density at radius 2 is 1.81 bits per heavy atom. The summed E-state index contributed by atoms with van der Waals surface area (Å²) < 4.78 is 0. The zero-order valence-electron chi connectivity index (χ0n) is 12.6. The van der Waals surface area contributed by atoms with Crippen LogP contribution in [0, 0.1) is 0 Å². The van der Waals surface area contributed by atoms with Crippen molar-refractivity contribution < 1.29 is 0 Å². The molecule has 0 amide bonds. The first-order chi connectivity index (χ1) is 10.4. The van der Waals surface area contributed by atoms with E-state index in [1.165, 1.54) is 48.5 Å². The fourth-order valence-corrected chi connectivity index (χ4v) is 3.60. The average molecular weight is 300 g/mol. The second-order valence-electron chi connectivity index (χ2n) is 5.79. The van der Waals surface area contributed by atoms with Crippen LogP contribution in [0.4, 0.5) is 5.69 Å². The fourth-order valence-electron chi connectivity index (χ4n) is 2.89. The Morgan fingerprint density at radius 1 is 1.00 bits per heavy atom. The summed E-state index contributed by atoms with van der Waals surface area (Å²) in [6.07, 6.45) is 5.24. The van der Waals surface area contributed by atoms with Crippen molar-refractivity contribution in [2.24, 2.45) is 0 Å². The van der Waals surface area contributed by atoms with Crippen molar-refractivity contribution in [2.75, 3.05) is 25.0 Å². The molecule has 0 radical (unpaired) electrons. The topological polar surface area (TPSA) is 15.3 Å². The van der Waals surface area contributed by atoms with Crippen LogP contribution in [-0.4, -0.2) is 24.5 Å². The van der Waals surface area contributed by atoms with Gasteiger partial charge in [-0.15, -0.1) is 11.3 Å². The smallest absolute Gasteiger partial charge is 0.0340 e. The molecule has 3 rings (SSSR count). The number of benzene rings is 1. The summed E-state index contributed by atoms with van der Waals surface area (Å²) in [7, 11) is 0. The van der Waals surface area contributed by atoms with Gasteiger partial charge >= 0.3 is 0 Å². The quantitative estimate of drug-likeness (QED) is 0.851. The number of likely N-dealkylation sites (tertiary alicyclic amines) is 1. The Balaban J connectivity index is 1.44. The molecule has 1 aromatic carbocycles. The summed E-state index contributed by atoms with van der Waals surface area (Å²) >= 11 is 1.83. The van der Waals surface area contributed by atoms with Crippen LogP contribution in [0.15, 0.2) is 41.8 Å². The summed E-state index contributed by atoms with van der Waals surface area (Å²) in [5.74, 6) is 0. The molecule has 2 heterocycles. The van der Waals surface area contributed by atoms with E-state index in [0.29, 0.717) is 0 Å². The third-order valence-corrected chi connectivity index (χ3v) is 5.03. The molecule has 3 heteroatoms. The SMILES string of the molecule is c1csc(CCNc2ccc(CN3CCCCC3)cc2)c1. The van der Waals surface area contributed by atoms with Gasteiger partial charge in [-0.25, -0.2) is 0 Å². The maximum Gasteiger partial charge on any atom is 0.0340 e. The van der Waals surface area contributed by atoms with Gasteiger partial charge < -0.3 is 5.32 Å². The monoisotopic (exact) mass is 300 g/mol. The largest absolute Gasteiger partial charge is 0.385 e. The van der Waals surface area contributed by atoms with Gasteiger partial charge in [0.2, 0.25) is 0 Å². The summed E-state index contributed by atoms with van der Waals surface area (Å²) in [6, 6.07) is 13.3. The average Bonchev–Trinajstić information content (AvgIpc) is 3.03. The Morgan fingerprint density at radius 3 is 2.52 bits per heavy atom. The van der Waals surface area contributed by atoms with Crippen LogP contribution in [0.3, 0.4) is 0 Å². The van der Waals surface area contributed by atoms with Crippen molar-refractivity contribution in [3.63, 3.8) is 0 Å². The molecule has 21 heavy (non-hydrogen) atoms. The van der Waals surface area contributed by atoms with Crippen LogP contribution in [0.2, 0.25) is 0 Å². The minimum Gasteiger partial charge on any atom is -0.385 e. The highest BCUT2D eigenvalue weighted by molar-refractivity contribution is 7.09. The zero-order valence-corrected chi connectivity index (χ0v) is 13.4. The lowest BCUT2D eigenvalue weighted by molar-refractivity contribution is 0.221. The lowest BCUT2D eigenvalue weighted by Crippen LogP contribution is -2.29. The van der Waals surface area contributed by atoms with Crippen molar-refractivity contribution in [1.29, 1.82) is 0 Å². The number of hydrogen-bond donors (Lipinski definition) is 1. The van der Waals surface area contributed by atoms with E-state index in [1.807, 2.05) is 11.3 Å². The first-order valence-corrected chi connectivity index (χ1v) is 8.86. The number of piperidine rings is 1. The Bertz CT molecular complexity index is 513. The van der Waals surface area contributed by atoms with Crippen LogP contribution in [-0.2, 0) is 13.0 Å². The summed E-state index contributed by atoms with van der Waals surface area (Å²) in [5, 5.41) is 5.65. The van der Waals surface area contributed by atoms with E-state index in [4.69, 9.17) is 0 Å². The molecule has 1 aromatic heterocycles. The van der Waals surface area contributed by atoms with Crippen molar-refractivity contribution in [3.05, 3.63) is 52.2 Å². The van der Waals surface area contributed by atoms with E-state index < -0.39 is 0 Å². The van der Waals surface area contributed by atoms with Crippen molar-refractivity contribution >= 4 is 17.0 Å². The summed E-state index contributed by atoms with van der Waals surface area (Å²) in [5.41, 5.74) is 2.66. The highest BCUT2D eigenvalue weighted by atomic mass is 32.1. The predicted molar refractivity (Wildman–Crippen MR) is 92.1 cm³/mol. The first-order valence-electron chi connectivity index (χ1n) is 7.98. The van der Waals surface area contributed by atoms with Crippen LogP contribution < -0.4 is 5.32 Å². The third kappa shape index (κ3) is 4.58. The molecular weight excluding hydrogens is 276 g/mol. The van der Waals surface area contributed by atoms with Crippen LogP contribution in [0.25, 0.3) is 0 Å². The highest BCUT2D eigenvalue weighted by Crippen LogP contribution is 2.16. The van der Waals surface area contributed by atoms with Crippen LogP contribution in [0.1, 0.15) is 29.7 Å². The Labute approximate surface area is 131 Å². The molecule has 2 aromatic rings. The van der Waals surface area contributed by atoms with E-state index in [9.17, 15) is 0 Å². The highest BCUT2D eigenvalue weighted by Gasteiger charge is 2.09. The van der Waals surface area contributed by atoms with Crippen molar-refractivity contribution in [3.8, 4) is 0 Å². The predicted octanol–water partition coefficient (Wildman–Crippen LogP) is 4.39. The molecule has 1 aliphatic rings. The molecule has 2 nitrogen and oxygen atoms in total. The molecule has 1 saturated heterocycles. The van der Waals surface area contributed by atoms with Crippen molar-refractivity contribution in [1.82, 2.24) is 4.90 Å². The summed E-state index contributed by atoms with van der Waals surface area (Å²) in [6.45, 7) is 4.64. The van der Waals surface area contributed by atoms with E-state index in [1.54, 1.807) is 0 Å². The minimum atomic E-state index is 1.01. The minimum absolute atomic E-state index is 1.01. The number of hydrogen-bond acceptors (Lipinski definition) is 3. The second-order valence-corrected chi connectivity index (χ2v) is 6.82. The van der Waals surface area contributed by atoms with Gasteiger partial charge in [-0.05, 0) is 61.5 Å². The van der Waals surface area contributed by atoms with Gasteiger partial charge in [-0.1, -0.05) is 24.6 Å².